The number of nitrogens with zero attached hydrogens (tertiary/aromatic N) is 4. The number of rotatable bonds is 6. The van der Waals surface area contributed by atoms with E-state index in [2.05, 4.69) is 39.2 Å². The molecule has 110 valence electrons. The van der Waals surface area contributed by atoms with Crippen molar-refractivity contribution in [1.29, 1.82) is 0 Å². The van der Waals surface area contributed by atoms with Gasteiger partial charge in [-0.3, -0.25) is 9.78 Å². The second-order valence-corrected chi connectivity index (χ2v) is 4.49. The van der Waals surface area contributed by atoms with E-state index in [0.29, 0.717) is 12.2 Å². The van der Waals surface area contributed by atoms with Crippen molar-refractivity contribution in [3.8, 4) is 0 Å². The minimum atomic E-state index is -0.238. The van der Waals surface area contributed by atoms with Gasteiger partial charge in [-0.15, -0.1) is 10.2 Å². The maximum atomic E-state index is 12.0. The summed E-state index contributed by atoms with van der Waals surface area (Å²) in [5.74, 6) is 0.543. The van der Waals surface area contributed by atoms with Crippen molar-refractivity contribution < 1.29 is 4.79 Å². The van der Waals surface area contributed by atoms with Crippen molar-refractivity contribution in [3.63, 3.8) is 0 Å². The molecule has 2 aromatic heterocycles. The zero-order valence-electron chi connectivity index (χ0n) is 12.3. The van der Waals surface area contributed by atoms with Crippen LogP contribution in [0.4, 0.5) is 5.82 Å². The van der Waals surface area contributed by atoms with Gasteiger partial charge in [-0.1, -0.05) is 6.07 Å². The van der Waals surface area contributed by atoms with Crippen LogP contribution in [0, 0.1) is 0 Å². The number of nitrogens with one attached hydrogen (secondary N) is 1. The minimum Gasteiger partial charge on any atom is -0.356 e. The maximum absolute atomic E-state index is 12.0. The molecule has 0 atom stereocenters. The van der Waals surface area contributed by atoms with Gasteiger partial charge in [0.25, 0.3) is 5.91 Å². The van der Waals surface area contributed by atoms with E-state index in [0.717, 1.165) is 24.5 Å². The molecule has 0 saturated carbocycles. The molecule has 6 nitrogen and oxygen atoms in total. The number of anilines is 1. The van der Waals surface area contributed by atoms with E-state index >= 15 is 0 Å². The maximum Gasteiger partial charge on any atom is 0.272 e. The molecule has 0 fully saturated rings. The zero-order chi connectivity index (χ0) is 15.1. The molecule has 0 unspecified atom stereocenters. The zero-order valence-corrected chi connectivity index (χ0v) is 12.3. The van der Waals surface area contributed by atoms with Crippen LogP contribution >= 0.6 is 0 Å². The normalized spacial score (nSPS) is 10.2. The van der Waals surface area contributed by atoms with Gasteiger partial charge in [-0.05, 0) is 37.6 Å². The highest BCUT2D eigenvalue weighted by molar-refractivity contribution is 5.92. The quantitative estimate of drug-likeness (QED) is 0.873. The molecule has 2 heterocycles. The number of hydrogen-bond acceptors (Lipinski definition) is 5. The van der Waals surface area contributed by atoms with Gasteiger partial charge in [-0.25, -0.2) is 0 Å². The third-order valence-electron chi connectivity index (χ3n) is 3.15. The number of carbonyl (C=O) groups excluding carboxylic acids is 1. The Morgan fingerprint density at radius 3 is 2.57 bits per heavy atom. The first-order valence-corrected chi connectivity index (χ1v) is 7.00. The van der Waals surface area contributed by atoms with E-state index in [-0.39, 0.29) is 5.91 Å². The van der Waals surface area contributed by atoms with Crippen molar-refractivity contribution in [2.45, 2.75) is 20.4 Å². The average Bonchev–Trinajstić information content (AvgIpc) is 2.55. The highest BCUT2D eigenvalue weighted by Gasteiger charge is 2.09. The molecule has 0 aliphatic carbocycles. The second kappa shape index (κ2) is 7.33. The van der Waals surface area contributed by atoms with Crippen molar-refractivity contribution >= 4 is 11.7 Å². The summed E-state index contributed by atoms with van der Waals surface area (Å²) in [7, 11) is 0. The van der Waals surface area contributed by atoms with E-state index in [1.165, 1.54) is 0 Å². The lowest BCUT2D eigenvalue weighted by molar-refractivity contribution is 0.0945. The van der Waals surface area contributed by atoms with Gasteiger partial charge < -0.3 is 10.2 Å². The predicted octanol–water partition coefficient (Wildman–Crippen LogP) is 1.65. The van der Waals surface area contributed by atoms with E-state index in [4.69, 9.17) is 0 Å². The monoisotopic (exact) mass is 285 g/mol. The lowest BCUT2D eigenvalue weighted by Crippen LogP contribution is -2.26. The number of hydrogen-bond donors (Lipinski definition) is 1. The molecular formula is C15H19N5O. The van der Waals surface area contributed by atoms with Crippen LogP contribution in [0.2, 0.25) is 0 Å². The molecule has 2 rings (SSSR count). The average molecular weight is 285 g/mol. The Kier molecular flexibility index (Phi) is 5.20. The lowest BCUT2D eigenvalue weighted by atomic mass is 10.3. The van der Waals surface area contributed by atoms with Crippen LogP contribution < -0.4 is 10.2 Å². The summed E-state index contributed by atoms with van der Waals surface area (Å²) in [4.78, 5) is 18.1. The molecule has 0 aliphatic heterocycles. The number of pyridine rings is 1. The third-order valence-corrected chi connectivity index (χ3v) is 3.15. The summed E-state index contributed by atoms with van der Waals surface area (Å²) in [6, 6.07) is 7.25. The molecule has 0 spiro atoms. The molecular weight excluding hydrogens is 266 g/mol. The minimum absolute atomic E-state index is 0.238. The van der Waals surface area contributed by atoms with Gasteiger partial charge in [0.1, 0.15) is 0 Å². The van der Waals surface area contributed by atoms with Crippen LogP contribution in [-0.4, -0.2) is 34.2 Å². The Morgan fingerprint density at radius 2 is 2.00 bits per heavy atom. The van der Waals surface area contributed by atoms with Crippen LogP contribution in [0.1, 0.15) is 29.9 Å². The number of aromatic nitrogens is 3. The van der Waals surface area contributed by atoms with Crippen LogP contribution in [0.15, 0.2) is 36.7 Å². The molecule has 0 bridgehead atoms. The van der Waals surface area contributed by atoms with Gasteiger partial charge in [-0.2, -0.15) is 0 Å². The van der Waals surface area contributed by atoms with E-state index in [1.807, 2.05) is 18.2 Å². The summed E-state index contributed by atoms with van der Waals surface area (Å²) < 4.78 is 0. The Bertz CT molecular complexity index is 566. The molecule has 2 aromatic rings. The molecule has 6 heteroatoms. The van der Waals surface area contributed by atoms with Crippen molar-refractivity contribution in [3.05, 3.63) is 47.9 Å². The first-order chi connectivity index (χ1) is 10.2. The van der Waals surface area contributed by atoms with E-state index in [1.54, 1.807) is 18.5 Å². The van der Waals surface area contributed by atoms with Crippen LogP contribution in [0.5, 0.6) is 0 Å². The fraction of sp³-hybridized carbons (Fsp3) is 0.333. The molecule has 0 radical (unpaired) electrons. The first-order valence-electron chi connectivity index (χ1n) is 7.00. The smallest absolute Gasteiger partial charge is 0.272 e. The van der Waals surface area contributed by atoms with E-state index in [9.17, 15) is 4.79 Å². The summed E-state index contributed by atoms with van der Waals surface area (Å²) in [5, 5.41) is 10.9. The van der Waals surface area contributed by atoms with Crippen molar-refractivity contribution in [2.75, 3.05) is 18.0 Å². The Labute approximate surface area is 124 Å². The summed E-state index contributed by atoms with van der Waals surface area (Å²) in [5.41, 5.74) is 1.26. The Morgan fingerprint density at radius 1 is 1.19 bits per heavy atom. The molecule has 0 aliphatic rings. The fourth-order valence-electron chi connectivity index (χ4n) is 1.94. The summed E-state index contributed by atoms with van der Waals surface area (Å²) in [6.07, 6.45) is 3.41. The second-order valence-electron chi connectivity index (χ2n) is 4.49. The highest BCUT2D eigenvalue weighted by Crippen LogP contribution is 2.08. The SMILES string of the molecule is CCN(CC)c1ccc(C(=O)NCc2cccnc2)nn1. The molecule has 1 N–H and O–H groups in total. The van der Waals surface area contributed by atoms with Gasteiger partial charge >= 0.3 is 0 Å². The lowest BCUT2D eigenvalue weighted by Gasteiger charge is -2.18. The van der Waals surface area contributed by atoms with Crippen LogP contribution in [0.25, 0.3) is 0 Å². The largest absolute Gasteiger partial charge is 0.356 e. The van der Waals surface area contributed by atoms with Crippen LogP contribution in [-0.2, 0) is 6.54 Å². The third kappa shape index (κ3) is 3.98. The standard InChI is InChI=1S/C15H19N5O/c1-3-20(4-2)14-8-7-13(18-19-14)15(21)17-11-12-6-5-9-16-10-12/h5-10H,3-4,11H2,1-2H3,(H,17,21). The van der Waals surface area contributed by atoms with Gasteiger partial charge in [0.05, 0.1) is 0 Å². The Balaban J connectivity index is 1.97. The number of carbonyl (C=O) groups is 1. The van der Waals surface area contributed by atoms with Gasteiger partial charge in [0.15, 0.2) is 11.5 Å². The van der Waals surface area contributed by atoms with Gasteiger partial charge in [0, 0.05) is 32.0 Å². The van der Waals surface area contributed by atoms with Crippen molar-refractivity contribution in [1.82, 2.24) is 20.5 Å². The topological polar surface area (TPSA) is 71.0 Å². The predicted molar refractivity (Wildman–Crippen MR) is 81.0 cm³/mol. The highest BCUT2D eigenvalue weighted by atomic mass is 16.1. The fourth-order valence-corrected chi connectivity index (χ4v) is 1.94. The molecule has 1 amide bonds. The summed E-state index contributed by atoms with van der Waals surface area (Å²) >= 11 is 0. The summed E-state index contributed by atoms with van der Waals surface area (Å²) in [6.45, 7) is 6.25. The molecule has 0 aromatic carbocycles. The Hall–Kier alpha value is -2.50. The number of amides is 1. The van der Waals surface area contributed by atoms with E-state index < -0.39 is 0 Å². The molecule has 0 saturated heterocycles. The van der Waals surface area contributed by atoms with Gasteiger partial charge in [0.2, 0.25) is 0 Å². The van der Waals surface area contributed by atoms with Crippen molar-refractivity contribution in [2.24, 2.45) is 0 Å². The van der Waals surface area contributed by atoms with Crippen LogP contribution in [0.3, 0.4) is 0 Å². The first kappa shape index (κ1) is 14.9. The molecule has 21 heavy (non-hydrogen) atoms.